The molecule has 7 heteroatoms. The summed E-state index contributed by atoms with van der Waals surface area (Å²) in [5.74, 6) is -0.356. The number of amides is 1. The molecule has 0 saturated heterocycles. The minimum atomic E-state index is -4.18. The van der Waals surface area contributed by atoms with Gasteiger partial charge in [0.05, 0.1) is 10.1 Å². The van der Waals surface area contributed by atoms with E-state index >= 15 is 0 Å². The van der Waals surface area contributed by atoms with Gasteiger partial charge in [-0.05, 0) is 12.8 Å². The molecule has 0 bridgehead atoms. The molecule has 0 spiro atoms. The summed E-state index contributed by atoms with van der Waals surface area (Å²) in [5, 5.41) is 0. The first-order valence-corrected chi connectivity index (χ1v) is 16.1. The molecule has 0 rings (SSSR count). The largest absolute Gasteiger partial charge is 1.00 e. The van der Waals surface area contributed by atoms with Crippen LogP contribution >= 0.6 is 0 Å². The molecule has 0 aliphatic carbocycles. The summed E-state index contributed by atoms with van der Waals surface area (Å²) in [6, 6.07) is 0. The van der Waals surface area contributed by atoms with E-state index in [0.717, 1.165) is 12.8 Å². The molecule has 0 aliphatic rings. The van der Waals surface area contributed by atoms with E-state index in [9.17, 15) is 17.8 Å². The number of hydrogen-bond acceptors (Lipinski definition) is 4. The SMILES string of the molecule is CCCCCCCCCCCCCCCCCCCCCCCC(=O)N(C)CCCS(=O)(=O)[O-].[Na+]. The van der Waals surface area contributed by atoms with Crippen molar-refractivity contribution >= 4 is 16.0 Å². The Morgan fingerprint density at radius 1 is 0.600 bits per heavy atom. The fraction of sp³-hybridized carbons (Fsp3) is 0.964. The molecular weight excluding hydrogens is 469 g/mol. The Labute approximate surface area is 241 Å². The van der Waals surface area contributed by atoms with Crippen molar-refractivity contribution in [3.63, 3.8) is 0 Å². The van der Waals surface area contributed by atoms with E-state index < -0.39 is 15.9 Å². The summed E-state index contributed by atoms with van der Waals surface area (Å²) in [5.41, 5.74) is 0. The Bertz CT molecular complexity index is 557. The van der Waals surface area contributed by atoms with Gasteiger partial charge in [-0.3, -0.25) is 4.79 Å². The molecule has 5 nitrogen and oxygen atoms in total. The van der Waals surface area contributed by atoms with Crippen LogP contribution in [0.1, 0.15) is 155 Å². The molecule has 0 radical (unpaired) electrons. The first-order chi connectivity index (χ1) is 16.4. The van der Waals surface area contributed by atoms with Gasteiger partial charge in [-0.2, -0.15) is 0 Å². The van der Waals surface area contributed by atoms with Gasteiger partial charge in [0, 0.05) is 25.8 Å². The second kappa shape index (κ2) is 27.4. The number of rotatable bonds is 26. The van der Waals surface area contributed by atoms with Crippen molar-refractivity contribution in [3.8, 4) is 0 Å². The Kier molecular flexibility index (Phi) is 29.4. The molecule has 0 atom stereocenters. The molecule has 0 aromatic carbocycles. The molecule has 0 aliphatic heterocycles. The van der Waals surface area contributed by atoms with Crippen LogP contribution < -0.4 is 29.6 Å². The molecule has 204 valence electrons. The topological polar surface area (TPSA) is 77.5 Å². The van der Waals surface area contributed by atoms with Crippen LogP contribution in [0.15, 0.2) is 0 Å². The Balaban J connectivity index is 0. The number of hydrogen-bond donors (Lipinski definition) is 0. The molecule has 0 heterocycles. The molecule has 0 N–H and O–H groups in total. The van der Waals surface area contributed by atoms with Gasteiger partial charge in [-0.25, -0.2) is 8.42 Å². The smallest absolute Gasteiger partial charge is 0.748 e. The summed E-state index contributed by atoms with van der Waals surface area (Å²) >= 11 is 0. The molecule has 0 unspecified atom stereocenters. The van der Waals surface area contributed by atoms with Gasteiger partial charge in [-0.15, -0.1) is 0 Å². The van der Waals surface area contributed by atoms with Crippen LogP contribution in [0.25, 0.3) is 0 Å². The van der Waals surface area contributed by atoms with Crippen molar-refractivity contribution in [1.29, 1.82) is 0 Å². The quantitative estimate of drug-likeness (QED) is 0.0906. The standard InChI is InChI=1S/C28H57NO4S.Na/c1-3-4-5-6-7-8-9-10-11-12-13-14-15-16-17-18-19-20-21-22-23-25-28(30)29(2)26-24-27-34(31,32)33;/h3-27H2,1-2H3,(H,31,32,33);/q;+1/p-1. The molecule has 0 aromatic heterocycles. The van der Waals surface area contributed by atoms with Crippen LogP contribution in [-0.2, 0) is 14.9 Å². The average Bonchev–Trinajstić information content (AvgIpc) is 2.79. The van der Waals surface area contributed by atoms with E-state index in [4.69, 9.17) is 0 Å². The Morgan fingerprint density at radius 2 is 0.914 bits per heavy atom. The second-order valence-corrected chi connectivity index (χ2v) is 11.8. The maximum absolute atomic E-state index is 12.0. The molecule has 35 heavy (non-hydrogen) atoms. The van der Waals surface area contributed by atoms with Crippen LogP contribution in [0.2, 0.25) is 0 Å². The zero-order valence-electron chi connectivity index (χ0n) is 23.7. The Hall–Kier alpha value is 0.380. The van der Waals surface area contributed by atoms with E-state index in [1.165, 1.54) is 122 Å². The number of nitrogens with zero attached hydrogens (tertiary/aromatic N) is 1. The third kappa shape index (κ3) is 30.5. The van der Waals surface area contributed by atoms with Crippen molar-refractivity contribution in [2.45, 2.75) is 155 Å². The Morgan fingerprint density at radius 3 is 1.23 bits per heavy atom. The van der Waals surface area contributed by atoms with E-state index in [-0.39, 0.29) is 41.9 Å². The summed E-state index contributed by atoms with van der Waals surface area (Å²) in [6.07, 6.45) is 29.0. The van der Waals surface area contributed by atoms with Gasteiger partial charge in [0.2, 0.25) is 5.91 Å². The average molecular weight is 526 g/mol. The second-order valence-electron chi connectivity index (χ2n) is 10.3. The summed E-state index contributed by atoms with van der Waals surface area (Å²) in [6.45, 7) is 2.61. The summed E-state index contributed by atoms with van der Waals surface area (Å²) in [4.78, 5) is 13.5. The van der Waals surface area contributed by atoms with Crippen LogP contribution in [0.3, 0.4) is 0 Å². The molecule has 1 amide bonds. The monoisotopic (exact) mass is 525 g/mol. The third-order valence-electron chi connectivity index (χ3n) is 6.81. The zero-order chi connectivity index (χ0) is 25.3. The maximum atomic E-state index is 12.0. The third-order valence-corrected chi connectivity index (χ3v) is 7.60. The number of carbonyl (C=O) groups excluding carboxylic acids is 1. The van der Waals surface area contributed by atoms with Crippen LogP contribution in [-0.4, -0.2) is 43.1 Å². The van der Waals surface area contributed by atoms with Gasteiger partial charge < -0.3 is 9.45 Å². The fourth-order valence-corrected chi connectivity index (χ4v) is 4.98. The molecule has 0 fully saturated rings. The first-order valence-electron chi connectivity index (χ1n) is 14.5. The first kappa shape index (κ1) is 37.5. The number of unbranched alkanes of at least 4 members (excludes halogenated alkanes) is 20. The van der Waals surface area contributed by atoms with Crippen LogP contribution in [0.4, 0.5) is 0 Å². The predicted molar refractivity (Wildman–Crippen MR) is 144 cm³/mol. The van der Waals surface area contributed by atoms with E-state index in [1.807, 2.05) is 0 Å². The van der Waals surface area contributed by atoms with E-state index in [0.29, 0.717) is 13.0 Å². The van der Waals surface area contributed by atoms with E-state index in [1.54, 1.807) is 11.9 Å². The van der Waals surface area contributed by atoms with Gasteiger partial charge >= 0.3 is 29.6 Å². The van der Waals surface area contributed by atoms with Crippen molar-refractivity contribution in [2.24, 2.45) is 0 Å². The maximum Gasteiger partial charge on any atom is 1.00 e. The van der Waals surface area contributed by atoms with Gasteiger partial charge in [-0.1, -0.05) is 135 Å². The van der Waals surface area contributed by atoms with Crippen LogP contribution in [0.5, 0.6) is 0 Å². The van der Waals surface area contributed by atoms with Crippen molar-refractivity contribution in [1.82, 2.24) is 4.90 Å². The minimum Gasteiger partial charge on any atom is -0.748 e. The predicted octanol–water partition coefficient (Wildman–Crippen LogP) is 4.99. The van der Waals surface area contributed by atoms with Crippen molar-refractivity contribution in [2.75, 3.05) is 19.3 Å². The molecule has 0 aromatic rings. The zero-order valence-corrected chi connectivity index (χ0v) is 26.5. The normalized spacial score (nSPS) is 11.4. The molecule has 0 saturated carbocycles. The van der Waals surface area contributed by atoms with Crippen LogP contribution in [0, 0.1) is 0 Å². The number of carbonyl (C=O) groups is 1. The van der Waals surface area contributed by atoms with Gasteiger partial charge in [0.15, 0.2) is 0 Å². The summed E-state index contributed by atoms with van der Waals surface area (Å²) in [7, 11) is -2.50. The minimum absolute atomic E-state index is 0. The molecular formula is C28H56NNaO4S. The van der Waals surface area contributed by atoms with Gasteiger partial charge in [0.25, 0.3) is 0 Å². The summed E-state index contributed by atoms with van der Waals surface area (Å²) < 4.78 is 31.8. The van der Waals surface area contributed by atoms with Crippen molar-refractivity contribution in [3.05, 3.63) is 0 Å². The van der Waals surface area contributed by atoms with E-state index in [2.05, 4.69) is 6.92 Å². The van der Waals surface area contributed by atoms with Crippen molar-refractivity contribution < 1.29 is 47.3 Å². The van der Waals surface area contributed by atoms with Gasteiger partial charge in [0.1, 0.15) is 0 Å². The fourth-order valence-electron chi connectivity index (χ4n) is 4.50.